The Labute approximate surface area is 122 Å². The van der Waals surface area contributed by atoms with E-state index in [0.717, 1.165) is 0 Å². The molecule has 0 aliphatic heterocycles. The summed E-state index contributed by atoms with van der Waals surface area (Å²) in [5, 5.41) is 0. The fourth-order valence-electron chi connectivity index (χ4n) is 1.62. The summed E-state index contributed by atoms with van der Waals surface area (Å²) >= 11 is 0. The van der Waals surface area contributed by atoms with Crippen LogP contribution in [0.15, 0.2) is 54.6 Å². The molecule has 0 radical (unpaired) electrons. The molecule has 21 heavy (non-hydrogen) atoms. The second-order valence-corrected chi connectivity index (χ2v) is 6.23. The first-order valence-electron chi connectivity index (χ1n) is 5.54. The molecule has 0 aliphatic rings. The van der Waals surface area contributed by atoms with Crippen molar-refractivity contribution in [1.29, 1.82) is 0 Å². The van der Waals surface area contributed by atoms with Gasteiger partial charge in [0.1, 0.15) is 0 Å². The summed E-state index contributed by atoms with van der Waals surface area (Å²) in [6.07, 6.45) is 0. The van der Waals surface area contributed by atoms with Crippen LogP contribution in [0.3, 0.4) is 0 Å². The lowest BCUT2D eigenvalue weighted by atomic mass is 10.1. The fourth-order valence-corrected chi connectivity index (χ4v) is 2.94. The molecule has 0 heterocycles. The van der Waals surface area contributed by atoms with Gasteiger partial charge in [0.15, 0.2) is 5.75 Å². The molecule has 0 atom stereocenters. The van der Waals surface area contributed by atoms with Gasteiger partial charge in [-0.3, -0.25) is 4.55 Å². The van der Waals surface area contributed by atoms with Crippen LogP contribution in [-0.2, 0) is 24.4 Å². The average Bonchev–Trinajstić information content (AvgIpc) is 2.37. The summed E-state index contributed by atoms with van der Waals surface area (Å²) in [6.45, 7) is 0. The van der Waals surface area contributed by atoms with E-state index < -0.39 is 20.8 Å². The summed E-state index contributed by atoms with van der Waals surface area (Å²) in [5.74, 6) is -0.132. The Morgan fingerprint density at radius 3 is 2.00 bits per heavy atom. The van der Waals surface area contributed by atoms with Crippen molar-refractivity contribution in [1.82, 2.24) is 0 Å². The summed E-state index contributed by atoms with van der Waals surface area (Å²) < 4.78 is 60.2. The van der Waals surface area contributed by atoms with Crippen molar-refractivity contribution in [3.8, 4) is 16.9 Å². The van der Waals surface area contributed by atoms with Crippen LogP contribution in [0.1, 0.15) is 0 Å². The molecule has 0 unspecified atom stereocenters. The monoisotopic (exact) mass is 330 g/mol. The third-order valence-electron chi connectivity index (χ3n) is 2.33. The highest BCUT2D eigenvalue weighted by molar-refractivity contribution is 7.95. The highest BCUT2D eigenvalue weighted by Gasteiger charge is 2.24. The Hall–Kier alpha value is -1.94. The molecule has 0 amide bonds. The Morgan fingerprint density at radius 2 is 1.38 bits per heavy atom. The molecule has 0 saturated carbocycles. The van der Waals surface area contributed by atoms with Crippen LogP contribution in [0.5, 0.6) is 5.75 Å². The number of para-hydroxylation sites is 1. The third-order valence-corrected chi connectivity index (χ3v) is 4.07. The second-order valence-electron chi connectivity index (χ2n) is 3.85. The molecule has 0 spiro atoms. The molecule has 0 fully saturated rings. The van der Waals surface area contributed by atoms with Gasteiger partial charge in [-0.15, -0.1) is 0 Å². The van der Waals surface area contributed by atoms with Gasteiger partial charge in [0.2, 0.25) is 0 Å². The van der Waals surface area contributed by atoms with E-state index in [-0.39, 0.29) is 5.75 Å². The van der Waals surface area contributed by atoms with E-state index in [0.29, 0.717) is 11.1 Å². The molecular weight excluding hydrogens is 320 g/mol. The van der Waals surface area contributed by atoms with E-state index in [1.54, 1.807) is 42.5 Å². The normalized spacial score (nSPS) is 12.0. The lowest BCUT2D eigenvalue weighted by molar-refractivity contribution is 0.348. The number of rotatable bonds is 5. The molecule has 1 N–H and O–H groups in total. The Morgan fingerprint density at radius 1 is 0.810 bits per heavy atom. The van der Waals surface area contributed by atoms with Crippen LogP contribution in [0.2, 0.25) is 0 Å². The van der Waals surface area contributed by atoms with E-state index in [1.807, 2.05) is 0 Å². The van der Waals surface area contributed by atoms with Crippen molar-refractivity contribution in [3.63, 3.8) is 0 Å². The maximum Gasteiger partial charge on any atom is 0.465 e. The molecule has 7 nitrogen and oxygen atoms in total. The molecule has 0 aromatic heterocycles. The lowest BCUT2D eigenvalue weighted by Crippen LogP contribution is -2.18. The summed E-state index contributed by atoms with van der Waals surface area (Å²) in [4.78, 5) is 0. The summed E-state index contributed by atoms with van der Waals surface area (Å²) in [6, 6.07) is 14.8. The lowest BCUT2D eigenvalue weighted by Gasteiger charge is -2.10. The smallest absolute Gasteiger partial charge is 0.360 e. The zero-order valence-corrected chi connectivity index (χ0v) is 12.0. The zero-order valence-electron chi connectivity index (χ0n) is 10.4. The third kappa shape index (κ3) is 4.53. The van der Waals surface area contributed by atoms with Crippen molar-refractivity contribution < 1.29 is 29.2 Å². The molecule has 0 bridgehead atoms. The van der Waals surface area contributed by atoms with Gasteiger partial charge in [-0.05, 0) is 11.6 Å². The first-order valence-corrected chi connectivity index (χ1v) is 8.24. The van der Waals surface area contributed by atoms with Gasteiger partial charge < -0.3 is 4.18 Å². The SMILES string of the molecule is O=S(=O)(O)OS(=O)(=O)Oc1ccccc1-c1ccccc1. The molecule has 9 heteroatoms. The van der Waals surface area contributed by atoms with E-state index in [9.17, 15) is 16.8 Å². The van der Waals surface area contributed by atoms with Gasteiger partial charge in [0.25, 0.3) is 0 Å². The van der Waals surface area contributed by atoms with Gasteiger partial charge in [0, 0.05) is 5.56 Å². The molecule has 0 saturated heterocycles. The van der Waals surface area contributed by atoms with Crippen LogP contribution >= 0.6 is 0 Å². The van der Waals surface area contributed by atoms with E-state index in [4.69, 9.17) is 4.55 Å². The quantitative estimate of drug-likeness (QED) is 0.833. The van der Waals surface area contributed by atoms with Gasteiger partial charge >= 0.3 is 20.8 Å². The van der Waals surface area contributed by atoms with Crippen LogP contribution in [0.25, 0.3) is 11.1 Å². The minimum Gasteiger partial charge on any atom is -0.360 e. The van der Waals surface area contributed by atoms with Crippen molar-refractivity contribution >= 4 is 20.8 Å². The molecule has 2 aromatic carbocycles. The highest BCUT2D eigenvalue weighted by Crippen LogP contribution is 2.30. The maximum absolute atomic E-state index is 11.4. The summed E-state index contributed by atoms with van der Waals surface area (Å²) in [5.41, 5.74) is 1.08. The number of hydrogen-bond acceptors (Lipinski definition) is 6. The minimum absolute atomic E-state index is 0.132. The molecule has 2 rings (SSSR count). The fraction of sp³-hybridized carbons (Fsp3) is 0. The Kier molecular flexibility index (Phi) is 4.28. The molecule has 112 valence electrons. The topological polar surface area (TPSA) is 107 Å². The second kappa shape index (κ2) is 5.82. The predicted molar refractivity (Wildman–Crippen MR) is 74.1 cm³/mol. The number of hydrogen-bond donors (Lipinski definition) is 1. The minimum atomic E-state index is -5.19. The van der Waals surface area contributed by atoms with E-state index >= 15 is 0 Å². The maximum atomic E-state index is 11.4. The molecule has 2 aromatic rings. The van der Waals surface area contributed by atoms with Crippen molar-refractivity contribution in [2.75, 3.05) is 0 Å². The largest absolute Gasteiger partial charge is 0.465 e. The van der Waals surface area contributed by atoms with Gasteiger partial charge in [0.05, 0.1) is 0 Å². The Bertz CT molecular complexity index is 827. The van der Waals surface area contributed by atoms with Crippen molar-refractivity contribution in [2.24, 2.45) is 0 Å². The van der Waals surface area contributed by atoms with Crippen LogP contribution in [0.4, 0.5) is 0 Å². The molecular formula is C12H10O7S2. The van der Waals surface area contributed by atoms with Crippen LogP contribution < -0.4 is 4.18 Å². The standard InChI is InChI=1S/C12H10O7S2/c13-20(14,15)19-21(16,17)18-12-9-5-4-8-11(12)10-6-2-1-3-7-10/h1-9H,(H,13,14,15). The van der Waals surface area contributed by atoms with E-state index in [2.05, 4.69) is 7.81 Å². The predicted octanol–water partition coefficient (Wildman–Crippen LogP) is 1.80. The first-order chi connectivity index (χ1) is 9.77. The molecule has 0 aliphatic carbocycles. The zero-order chi connectivity index (χ0) is 15.5. The van der Waals surface area contributed by atoms with Crippen molar-refractivity contribution in [3.05, 3.63) is 54.6 Å². The summed E-state index contributed by atoms with van der Waals surface area (Å²) in [7, 11) is -10.2. The number of benzene rings is 2. The highest BCUT2D eigenvalue weighted by atomic mass is 32.3. The van der Waals surface area contributed by atoms with E-state index in [1.165, 1.54) is 12.1 Å². The van der Waals surface area contributed by atoms with Gasteiger partial charge in [-0.25, -0.2) is 0 Å². The Balaban J connectivity index is 2.39. The van der Waals surface area contributed by atoms with Gasteiger partial charge in [-0.1, -0.05) is 52.2 Å². The first kappa shape index (κ1) is 15.4. The van der Waals surface area contributed by atoms with Crippen LogP contribution in [-0.4, -0.2) is 21.4 Å². The average molecular weight is 330 g/mol. The van der Waals surface area contributed by atoms with Crippen LogP contribution in [0, 0.1) is 0 Å². The van der Waals surface area contributed by atoms with Crippen molar-refractivity contribution in [2.45, 2.75) is 0 Å². The van der Waals surface area contributed by atoms with Gasteiger partial charge in [-0.2, -0.15) is 16.8 Å².